The Kier molecular flexibility index (Phi) is 4.01. The van der Waals surface area contributed by atoms with Crippen LogP contribution in [-0.4, -0.2) is 20.3 Å². The molecule has 0 radical (unpaired) electrons. The third kappa shape index (κ3) is 3.62. The topological polar surface area (TPSA) is 77.8 Å². The predicted molar refractivity (Wildman–Crippen MR) is 95.2 cm³/mol. The van der Waals surface area contributed by atoms with Gasteiger partial charge in [-0.3, -0.25) is 0 Å². The highest BCUT2D eigenvalue weighted by Gasteiger charge is 2.24. The van der Waals surface area contributed by atoms with Gasteiger partial charge in [0.2, 0.25) is 23.4 Å². The van der Waals surface area contributed by atoms with E-state index in [1.165, 1.54) is 0 Å². The molecule has 25 heavy (non-hydrogen) atoms. The second kappa shape index (κ2) is 5.79. The van der Waals surface area contributed by atoms with Crippen molar-refractivity contribution in [1.29, 1.82) is 0 Å². The Labute approximate surface area is 147 Å². The standard InChI is InChI=1S/C19H24N4O2/c1-11-8-12(14-20-16(24-22-14)18(2,3)4)10-13(9-11)15-21-17(25-23-15)19(5,6)7/h8-10H,1-7H3. The molecule has 0 fully saturated rings. The predicted octanol–water partition coefficient (Wildman–Crippen LogP) is 4.69. The molecule has 2 heterocycles. The Hall–Kier alpha value is -2.50. The van der Waals surface area contributed by atoms with Gasteiger partial charge in [0.25, 0.3) is 0 Å². The molecular formula is C19H24N4O2. The molecule has 2 aromatic heterocycles. The highest BCUT2D eigenvalue weighted by Crippen LogP contribution is 2.29. The molecule has 0 aliphatic rings. The number of hydrogen-bond acceptors (Lipinski definition) is 6. The van der Waals surface area contributed by atoms with Crippen molar-refractivity contribution in [3.8, 4) is 22.8 Å². The van der Waals surface area contributed by atoms with Crippen LogP contribution in [0.1, 0.15) is 58.9 Å². The average molecular weight is 340 g/mol. The summed E-state index contributed by atoms with van der Waals surface area (Å²) in [5.41, 5.74) is 2.44. The Balaban J connectivity index is 2.01. The van der Waals surface area contributed by atoms with E-state index in [1.807, 2.05) is 66.7 Å². The van der Waals surface area contributed by atoms with Crippen LogP contribution in [0.15, 0.2) is 27.2 Å². The zero-order valence-corrected chi connectivity index (χ0v) is 15.8. The van der Waals surface area contributed by atoms with E-state index in [4.69, 9.17) is 9.05 Å². The van der Waals surface area contributed by atoms with Gasteiger partial charge in [-0.05, 0) is 30.7 Å². The lowest BCUT2D eigenvalue weighted by Gasteiger charge is -2.10. The van der Waals surface area contributed by atoms with Crippen LogP contribution >= 0.6 is 0 Å². The van der Waals surface area contributed by atoms with Gasteiger partial charge in [0.05, 0.1) is 0 Å². The van der Waals surface area contributed by atoms with Crippen molar-refractivity contribution in [3.05, 3.63) is 35.5 Å². The molecule has 0 saturated heterocycles. The molecule has 6 heteroatoms. The van der Waals surface area contributed by atoms with Gasteiger partial charge in [0.15, 0.2) is 0 Å². The van der Waals surface area contributed by atoms with Gasteiger partial charge in [0, 0.05) is 22.0 Å². The molecule has 3 aromatic rings. The highest BCUT2D eigenvalue weighted by molar-refractivity contribution is 5.67. The normalized spacial score (nSPS) is 12.6. The van der Waals surface area contributed by atoms with E-state index in [2.05, 4.69) is 20.3 Å². The Bertz CT molecular complexity index is 824. The largest absolute Gasteiger partial charge is 0.338 e. The van der Waals surface area contributed by atoms with E-state index < -0.39 is 0 Å². The third-order valence-corrected chi connectivity index (χ3v) is 3.73. The summed E-state index contributed by atoms with van der Waals surface area (Å²) in [6, 6.07) is 6.00. The minimum absolute atomic E-state index is 0.187. The summed E-state index contributed by atoms with van der Waals surface area (Å²) in [7, 11) is 0. The number of rotatable bonds is 2. The summed E-state index contributed by atoms with van der Waals surface area (Å²) in [6.45, 7) is 14.3. The second-order valence-corrected chi connectivity index (χ2v) is 8.43. The molecule has 0 saturated carbocycles. The number of benzene rings is 1. The van der Waals surface area contributed by atoms with E-state index in [0.717, 1.165) is 16.7 Å². The van der Waals surface area contributed by atoms with Crippen molar-refractivity contribution in [2.45, 2.75) is 59.3 Å². The van der Waals surface area contributed by atoms with E-state index >= 15 is 0 Å². The Morgan fingerprint density at radius 3 is 1.40 bits per heavy atom. The minimum Gasteiger partial charge on any atom is -0.338 e. The SMILES string of the molecule is Cc1cc(-c2noc(C(C)(C)C)n2)cc(-c2noc(C(C)(C)C)n2)c1. The van der Waals surface area contributed by atoms with Crippen molar-refractivity contribution >= 4 is 0 Å². The van der Waals surface area contributed by atoms with Crippen molar-refractivity contribution in [2.75, 3.05) is 0 Å². The minimum atomic E-state index is -0.187. The molecule has 1 aromatic carbocycles. The molecule has 0 atom stereocenters. The summed E-state index contributed by atoms with van der Waals surface area (Å²) in [6.07, 6.45) is 0. The first-order chi connectivity index (χ1) is 11.5. The van der Waals surface area contributed by atoms with Crippen LogP contribution in [0.3, 0.4) is 0 Å². The molecule has 3 rings (SSSR count). The first-order valence-corrected chi connectivity index (χ1v) is 8.35. The Morgan fingerprint density at radius 1 is 0.680 bits per heavy atom. The van der Waals surface area contributed by atoms with Crippen LogP contribution in [-0.2, 0) is 10.8 Å². The van der Waals surface area contributed by atoms with Gasteiger partial charge in [0.1, 0.15) is 0 Å². The van der Waals surface area contributed by atoms with Gasteiger partial charge < -0.3 is 9.05 Å². The molecule has 0 aliphatic carbocycles. The maximum Gasteiger partial charge on any atom is 0.232 e. The first-order valence-electron chi connectivity index (χ1n) is 8.35. The van der Waals surface area contributed by atoms with Crippen LogP contribution in [0.5, 0.6) is 0 Å². The Morgan fingerprint density at radius 2 is 1.08 bits per heavy atom. The zero-order chi connectivity index (χ0) is 18.4. The smallest absolute Gasteiger partial charge is 0.232 e. The molecule has 132 valence electrons. The van der Waals surface area contributed by atoms with Crippen LogP contribution in [0, 0.1) is 6.92 Å². The number of aromatic nitrogens is 4. The fraction of sp³-hybridized carbons (Fsp3) is 0.474. The van der Waals surface area contributed by atoms with Gasteiger partial charge >= 0.3 is 0 Å². The summed E-state index contributed by atoms with van der Waals surface area (Å²) in [4.78, 5) is 9.06. The summed E-state index contributed by atoms with van der Waals surface area (Å²) in [5, 5.41) is 8.25. The van der Waals surface area contributed by atoms with E-state index in [1.54, 1.807) is 0 Å². The quantitative estimate of drug-likeness (QED) is 0.673. The third-order valence-electron chi connectivity index (χ3n) is 3.73. The zero-order valence-electron chi connectivity index (χ0n) is 15.8. The van der Waals surface area contributed by atoms with Crippen LogP contribution in [0.2, 0.25) is 0 Å². The van der Waals surface area contributed by atoms with Crippen LogP contribution < -0.4 is 0 Å². The van der Waals surface area contributed by atoms with E-state index in [-0.39, 0.29) is 10.8 Å². The van der Waals surface area contributed by atoms with Crippen LogP contribution in [0.25, 0.3) is 22.8 Å². The molecule has 0 amide bonds. The average Bonchev–Trinajstić information content (AvgIpc) is 3.15. The van der Waals surface area contributed by atoms with Crippen molar-refractivity contribution < 1.29 is 9.05 Å². The molecule has 0 aliphatic heterocycles. The fourth-order valence-electron chi connectivity index (χ4n) is 2.33. The molecule has 6 nitrogen and oxygen atoms in total. The maximum atomic E-state index is 5.41. The van der Waals surface area contributed by atoms with Gasteiger partial charge in [-0.2, -0.15) is 9.97 Å². The molecular weight excluding hydrogens is 316 g/mol. The molecule has 0 unspecified atom stereocenters. The van der Waals surface area contributed by atoms with E-state index in [9.17, 15) is 0 Å². The summed E-state index contributed by atoms with van der Waals surface area (Å²) in [5.74, 6) is 2.35. The summed E-state index contributed by atoms with van der Waals surface area (Å²) < 4.78 is 10.8. The lowest BCUT2D eigenvalue weighted by atomic mass is 9.97. The van der Waals surface area contributed by atoms with Crippen molar-refractivity contribution in [3.63, 3.8) is 0 Å². The van der Waals surface area contributed by atoms with Gasteiger partial charge in [-0.1, -0.05) is 51.9 Å². The second-order valence-electron chi connectivity index (χ2n) is 8.43. The monoisotopic (exact) mass is 340 g/mol. The number of aryl methyl sites for hydroxylation is 1. The first kappa shape index (κ1) is 17.3. The van der Waals surface area contributed by atoms with Crippen molar-refractivity contribution in [1.82, 2.24) is 20.3 Å². The fourth-order valence-corrected chi connectivity index (χ4v) is 2.33. The molecule has 0 bridgehead atoms. The summed E-state index contributed by atoms with van der Waals surface area (Å²) >= 11 is 0. The lowest BCUT2D eigenvalue weighted by Crippen LogP contribution is -2.11. The van der Waals surface area contributed by atoms with Crippen LogP contribution in [0.4, 0.5) is 0 Å². The number of nitrogens with zero attached hydrogens (tertiary/aromatic N) is 4. The van der Waals surface area contributed by atoms with Gasteiger partial charge in [-0.15, -0.1) is 0 Å². The highest BCUT2D eigenvalue weighted by atomic mass is 16.5. The maximum absolute atomic E-state index is 5.41. The van der Waals surface area contributed by atoms with Crippen molar-refractivity contribution in [2.24, 2.45) is 0 Å². The van der Waals surface area contributed by atoms with E-state index in [0.29, 0.717) is 23.4 Å². The van der Waals surface area contributed by atoms with Gasteiger partial charge in [-0.25, -0.2) is 0 Å². The lowest BCUT2D eigenvalue weighted by molar-refractivity contribution is 0.321. The molecule has 0 N–H and O–H groups in total. The molecule has 0 spiro atoms. The number of hydrogen-bond donors (Lipinski definition) is 0.